The number of rotatable bonds is 4. The van der Waals surface area contributed by atoms with Crippen molar-refractivity contribution in [3.8, 4) is 5.88 Å². The molecule has 3 rings (SSSR count). The lowest BCUT2D eigenvalue weighted by Crippen LogP contribution is -2.20. The van der Waals surface area contributed by atoms with E-state index in [9.17, 15) is 18.0 Å². The van der Waals surface area contributed by atoms with E-state index in [1.807, 2.05) is 0 Å². The lowest BCUT2D eigenvalue weighted by Gasteiger charge is -2.15. The van der Waals surface area contributed by atoms with Gasteiger partial charge in [0.05, 0.1) is 29.5 Å². The van der Waals surface area contributed by atoms with Crippen LogP contribution in [0.4, 0.5) is 18.9 Å². The summed E-state index contributed by atoms with van der Waals surface area (Å²) >= 11 is 5.91. The highest BCUT2D eigenvalue weighted by Gasteiger charge is 2.31. The maximum Gasteiger partial charge on any atom is 0.416 e. The topological polar surface area (TPSA) is 60.5 Å². The maximum atomic E-state index is 12.9. The van der Waals surface area contributed by atoms with Crippen molar-refractivity contribution in [3.63, 3.8) is 0 Å². The summed E-state index contributed by atoms with van der Waals surface area (Å²) in [5.74, 6) is -0.586. The van der Waals surface area contributed by atoms with Gasteiger partial charge in [-0.2, -0.15) is 13.2 Å². The molecule has 138 valence electrons. The van der Waals surface area contributed by atoms with Gasteiger partial charge in [-0.25, -0.2) is 4.98 Å². The third-order valence-corrected chi connectivity index (χ3v) is 4.05. The number of amides is 1. The molecule has 1 saturated heterocycles. The fraction of sp³-hybridized carbons (Fsp3) is 0.294. The number of nitrogens with one attached hydrogen (secondary N) is 1. The van der Waals surface area contributed by atoms with E-state index < -0.39 is 17.6 Å². The average Bonchev–Trinajstić information content (AvgIpc) is 3.09. The number of aromatic nitrogens is 1. The van der Waals surface area contributed by atoms with Crippen molar-refractivity contribution in [3.05, 3.63) is 52.7 Å². The summed E-state index contributed by atoms with van der Waals surface area (Å²) in [6.07, 6.45) is -2.65. The second-order valence-electron chi connectivity index (χ2n) is 5.61. The molecule has 1 aliphatic heterocycles. The summed E-state index contributed by atoms with van der Waals surface area (Å²) in [7, 11) is 0. The van der Waals surface area contributed by atoms with Crippen LogP contribution in [0.15, 0.2) is 36.5 Å². The van der Waals surface area contributed by atoms with Gasteiger partial charge in [0, 0.05) is 12.6 Å². The second-order valence-corrected chi connectivity index (χ2v) is 6.01. The van der Waals surface area contributed by atoms with Crippen LogP contribution in [0, 0.1) is 0 Å². The number of benzene rings is 1. The van der Waals surface area contributed by atoms with Crippen molar-refractivity contribution in [1.29, 1.82) is 0 Å². The first-order chi connectivity index (χ1) is 12.3. The molecule has 2 aromatic rings. The van der Waals surface area contributed by atoms with Gasteiger partial charge in [0.15, 0.2) is 0 Å². The van der Waals surface area contributed by atoms with Crippen LogP contribution in [0.3, 0.4) is 0 Å². The number of carbonyl (C=O) groups excluding carboxylic acids is 1. The summed E-state index contributed by atoms with van der Waals surface area (Å²) in [4.78, 5) is 16.6. The molecule has 26 heavy (non-hydrogen) atoms. The van der Waals surface area contributed by atoms with Crippen molar-refractivity contribution in [2.75, 3.05) is 18.5 Å². The molecule has 1 amide bonds. The predicted octanol–water partition coefficient (Wildman–Crippen LogP) is 4.17. The fourth-order valence-corrected chi connectivity index (χ4v) is 2.57. The van der Waals surface area contributed by atoms with Gasteiger partial charge in [-0.3, -0.25) is 4.79 Å². The van der Waals surface area contributed by atoms with Gasteiger partial charge in [0.1, 0.15) is 11.7 Å². The minimum Gasteiger partial charge on any atom is -0.471 e. The van der Waals surface area contributed by atoms with Crippen molar-refractivity contribution < 1.29 is 27.4 Å². The molecule has 1 aromatic carbocycles. The van der Waals surface area contributed by atoms with Crippen LogP contribution in [0.1, 0.15) is 22.3 Å². The molecule has 1 aliphatic rings. The van der Waals surface area contributed by atoms with E-state index in [-0.39, 0.29) is 28.3 Å². The largest absolute Gasteiger partial charge is 0.471 e. The van der Waals surface area contributed by atoms with Gasteiger partial charge in [-0.1, -0.05) is 11.6 Å². The van der Waals surface area contributed by atoms with Crippen LogP contribution in [-0.4, -0.2) is 30.2 Å². The number of anilines is 1. The number of pyridine rings is 1. The highest BCUT2D eigenvalue weighted by Crippen LogP contribution is 2.34. The number of ether oxygens (including phenoxy) is 2. The number of carbonyl (C=O) groups is 1. The number of hydrogen-bond donors (Lipinski definition) is 1. The molecule has 0 radical (unpaired) electrons. The molecule has 1 fully saturated rings. The molecular weight excluding hydrogens is 373 g/mol. The number of halogens is 4. The van der Waals surface area contributed by atoms with E-state index >= 15 is 0 Å². The highest BCUT2D eigenvalue weighted by molar-refractivity contribution is 6.34. The molecular formula is C17H14ClF3N2O3. The maximum absolute atomic E-state index is 12.9. The zero-order chi connectivity index (χ0) is 18.7. The molecule has 0 bridgehead atoms. The van der Waals surface area contributed by atoms with Crippen LogP contribution in [0.2, 0.25) is 5.02 Å². The molecule has 1 aromatic heterocycles. The zero-order valence-electron chi connectivity index (χ0n) is 13.3. The van der Waals surface area contributed by atoms with E-state index in [1.165, 1.54) is 18.3 Å². The zero-order valence-corrected chi connectivity index (χ0v) is 14.1. The predicted molar refractivity (Wildman–Crippen MR) is 88.5 cm³/mol. The quantitative estimate of drug-likeness (QED) is 0.856. The number of nitrogens with zero attached hydrogens (tertiary/aromatic N) is 1. The Morgan fingerprint density at radius 2 is 2.15 bits per heavy atom. The van der Waals surface area contributed by atoms with E-state index in [0.29, 0.717) is 19.6 Å². The lowest BCUT2D eigenvalue weighted by molar-refractivity contribution is -0.137. The Hall–Kier alpha value is -2.32. The SMILES string of the molecule is O=C(Nc1cc(C(F)(F)F)ccc1Cl)c1cccnc1O[C@H]1CCOC1. The first-order valence-electron chi connectivity index (χ1n) is 7.72. The van der Waals surface area contributed by atoms with Gasteiger partial charge in [-0.05, 0) is 30.3 Å². The summed E-state index contributed by atoms with van der Waals surface area (Å²) in [5, 5.41) is 2.37. The third kappa shape index (κ3) is 4.25. The van der Waals surface area contributed by atoms with Gasteiger partial charge in [0.25, 0.3) is 5.91 Å². The van der Waals surface area contributed by atoms with E-state index in [0.717, 1.165) is 18.2 Å². The second kappa shape index (κ2) is 7.51. The minimum absolute atomic E-state index is 0.0121. The summed E-state index contributed by atoms with van der Waals surface area (Å²) in [6.45, 7) is 0.940. The molecule has 5 nitrogen and oxygen atoms in total. The van der Waals surface area contributed by atoms with E-state index in [1.54, 1.807) is 0 Å². The monoisotopic (exact) mass is 386 g/mol. The standard InChI is InChI=1S/C17H14ClF3N2O3/c18-13-4-3-10(17(19,20)21)8-14(13)23-15(24)12-2-1-6-22-16(12)26-11-5-7-25-9-11/h1-4,6,8,11H,5,7,9H2,(H,23,24)/t11-/m0/s1. The summed E-state index contributed by atoms with van der Waals surface area (Å²) < 4.78 is 49.4. The smallest absolute Gasteiger partial charge is 0.416 e. The van der Waals surface area contributed by atoms with Gasteiger partial charge in [0.2, 0.25) is 5.88 Å². The fourth-order valence-electron chi connectivity index (χ4n) is 2.41. The molecule has 9 heteroatoms. The van der Waals surface area contributed by atoms with Crippen molar-refractivity contribution in [1.82, 2.24) is 4.98 Å². The van der Waals surface area contributed by atoms with Crippen LogP contribution in [0.5, 0.6) is 5.88 Å². The summed E-state index contributed by atoms with van der Waals surface area (Å²) in [5.41, 5.74) is -0.971. The highest BCUT2D eigenvalue weighted by atomic mass is 35.5. The van der Waals surface area contributed by atoms with Gasteiger partial charge < -0.3 is 14.8 Å². The Bertz CT molecular complexity index is 808. The molecule has 1 N–H and O–H groups in total. The third-order valence-electron chi connectivity index (χ3n) is 3.72. The van der Waals surface area contributed by atoms with E-state index in [2.05, 4.69) is 10.3 Å². The normalized spacial score (nSPS) is 17.2. The average molecular weight is 387 g/mol. The van der Waals surface area contributed by atoms with Crippen molar-refractivity contribution in [2.24, 2.45) is 0 Å². The Morgan fingerprint density at radius 3 is 2.85 bits per heavy atom. The Kier molecular flexibility index (Phi) is 5.33. The summed E-state index contributed by atoms with van der Waals surface area (Å²) in [6, 6.07) is 5.70. The molecule has 1 atom stereocenters. The van der Waals surface area contributed by atoms with Crippen LogP contribution in [-0.2, 0) is 10.9 Å². The lowest BCUT2D eigenvalue weighted by atomic mass is 10.1. The van der Waals surface area contributed by atoms with Gasteiger partial charge in [-0.15, -0.1) is 0 Å². The van der Waals surface area contributed by atoms with Crippen LogP contribution >= 0.6 is 11.6 Å². The Balaban J connectivity index is 1.82. The van der Waals surface area contributed by atoms with Crippen molar-refractivity contribution in [2.45, 2.75) is 18.7 Å². The molecule has 0 unspecified atom stereocenters. The molecule has 0 aliphatic carbocycles. The van der Waals surface area contributed by atoms with E-state index in [4.69, 9.17) is 21.1 Å². The number of hydrogen-bond acceptors (Lipinski definition) is 4. The van der Waals surface area contributed by atoms with Crippen LogP contribution in [0.25, 0.3) is 0 Å². The Morgan fingerprint density at radius 1 is 1.35 bits per heavy atom. The number of alkyl halides is 3. The first kappa shape index (κ1) is 18.5. The molecule has 0 saturated carbocycles. The Labute approximate surface area is 152 Å². The minimum atomic E-state index is -4.55. The first-order valence-corrected chi connectivity index (χ1v) is 8.10. The molecule has 0 spiro atoms. The molecule has 2 heterocycles. The van der Waals surface area contributed by atoms with Crippen molar-refractivity contribution >= 4 is 23.2 Å². The van der Waals surface area contributed by atoms with Gasteiger partial charge >= 0.3 is 6.18 Å². The van der Waals surface area contributed by atoms with Crippen LogP contribution < -0.4 is 10.1 Å².